The van der Waals surface area contributed by atoms with Gasteiger partial charge in [-0.15, -0.1) is 0 Å². The van der Waals surface area contributed by atoms with Crippen LogP contribution in [0, 0.1) is 0 Å². The molecule has 2 N–H and O–H groups in total. The van der Waals surface area contributed by atoms with Gasteiger partial charge in [-0.25, -0.2) is 0 Å². The molecule has 0 bridgehead atoms. The van der Waals surface area contributed by atoms with E-state index in [0.29, 0.717) is 28.8 Å². The van der Waals surface area contributed by atoms with Crippen molar-refractivity contribution < 1.29 is 4.74 Å². The first-order valence-corrected chi connectivity index (χ1v) is 6.14. The van der Waals surface area contributed by atoms with E-state index in [9.17, 15) is 0 Å². The first-order valence-electron chi connectivity index (χ1n) is 4.97. The minimum absolute atomic E-state index is 0.321. The predicted octanol–water partition coefficient (Wildman–Crippen LogP) is 3.75. The van der Waals surface area contributed by atoms with Crippen molar-refractivity contribution in [3.8, 4) is 11.5 Å². The van der Waals surface area contributed by atoms with Gasteiger partial charge in [-0.3, -0.25) is 4.98 Å². The van der Waals surface area contributed by atoms with E-state index in [2.05, 4.69) is 20.9 Å². The smallest absolute Gasteiger partial charge is 0.150 e. The average molecular weight is 314 g/mol. The molecule has 0 atom stereocenters. The highest BCUT2D eigenvalue weighted by atomic mass is 79.9. The summed E-state index contributed by atoms with van der Waals surface area (Å²) in [5.41, 5.74) is 6.29. The molecule has 2 rings (SSSR count). The third-order valence-electron chi connectivity index (χ3n) is 2.15. The van der Waals surface area contributed by atoms with Gasteiger partial charge >= 0.3 is 0 Å². The first kappa shape index (κ1) is 12.4. The van der Waals surface area contributed by atoms with E-state index in [1.54, 1.807) is 24.4 Å². The van der Waals surface area contributed by atoms with Crippen LogP contribution in [0.2, 0.25) is 5.02 Å². The zero-order chi connectivity index (χ0) is 12.3. The summed E-state index contributed by atoms with van der Waals surface area (Å²) in [4.78, 5) is 4.14. The predicted molar refractivity (Wildman–Crippen MR) is 71.4 cm³/mol. The van der Waals surface area contributed by atoms with Gasteiger partial charge in [-0.1, -0.05) is 27.5 Å². The fourth-order valence-corrected chi connectivity index (χ4v) is 1.84. The number of hydrogen-bond donors (Lipinski definition) is 1. The molecular formula is C12H10BrClN2O. The molecule has 5 heteroatoms. The molecule has 0 fully saturated rings. The van der Waals surface area contributed by atoms with Gasteiger partial charge in [0.25, 0.3) is 0 Å². The molecule has 1 heterocycles. The van der Waals surface area contributed by atoms with Crippen LogP contribution in [0.1, 0.15) is 5.69 Å². The van der Waals surface area contributed by atoms with Crippen LogP contribution in [0.15, 0.2) is 41.0 Å². The van der Waals surface area contributed by atoms with Crippen molar-refractivity contribution in [2.24, 2.45) is 5.73 Å². The van der Waals surface area contributed by atoms with Gasteiger partial charge in [0.2, 0.25) is 0 Å². The van der Waals surface area contributed by atoms with Gasteiger partial charge in [0, 0.05) is 17.2 Å². The number of benzene rings is 1. The maximum Gasteiger partial charge on any atom is 0.150 e. The Hall–Kier alpha value is -1.10. The van der Waals surface area contributed by atoms with Crippen molar-refractivity contribution in [1.29, 1.82) is 0 Å². The number of rotatable bonds is 3. The number of nitrogens with zero attached hydrogens (tertiary/aromatic N) is 1. The summed E-state index contributed by atoms with van der Waals surface area (Å²) in [6.07, 6.45) is 1.68. The lowest BCUT2D eigenvalue weighted by molar-refractivity contribution is 0.472. The van der Waals surface area contributed by atoms with Crippen LogP contribution in [0.3, 0.4) is 0 Å². The van der Waals surface area contributed by atoms with E-state index in [1.165, 1.54) is 0 Å². The van der Waals surface area contributed by atoms with Crippen molar-refractivity contribution in [1.82, 2.24) is 4.98 Å². The van der Waals surface area contributed by atoms with Gasteiger partial charge < -0.3 is 10.5 Å². The topological polar surface area (TPSA) is 48.1 Å². The Morgan fingerprint density at radius 1 is 1.29 bits per heavy atom. The Kier molecular flexibility index (Phi) is 3.99. The standard InChI is InChI=1S/C12H10BrClN2O/c13-8-3-4-9(14)12(6-8)17-11-2-1-5-16-10(11)7-15/h1-6H,7,15H2. The Labute approximate surface area is 113 Å². The third kappa shape index (κ3) is 2.97. The summed E-state index contributed by atoms with van der Waals surface area (Å²) < 4.78 is 6.61. The van der Waals surface area contributed by atoms with Crippen LogP contribution in [0.5, 0.6) is 11.5 Å². The number of halogens is 2. The summed E-state index contributed by atoms with van der Waals surface area (Å²) in [7, 11) is 0. The van der Waals surface area contributed by atoms with Gasteiger partial charge in [0.1, 0.15) is 11.5 Å². The minimum atomic E-state index is 0.321. The highest BCUT2D eigenvalue weighted by molar-refractivity contribution is 9.10. The molecule has 3 nitrogen and oxygen atoms in total. The lowest BCUT2D eigenvalue weighted by Crippen LogP contribution is -2.01. The van der Waals surface area contributed by atoms with Crippen LogP contribution >= 0.6 is 27.5 Å². The summed E-state index contributed by atoms with van der Waals surface area (Å²) in [6.45, 7) is 0.321. The van der Waals surface area contributed by atoms with E-state index >= 15 is 0 Å². The monoisotopic (exact) mass is 312 g/mol. The molecule has 0 aliphatic rings. The first-order chi connectivity index (χ1) is 8.20. The van der Waals surface area contributed by atoms with Crippen molar-refractivity contribution in [2.75, 3.05) is 0 Å². The van der Waals surface area contributed by atoms with Gasteiger partial charge in [0.15, 0.2) is 0 Å². The Bertz CT molecular complexity index is 534. The molecular weight excluding hydrogens is 304 g/mol. The van der Waals surface area contributed by atoms with E-state index in [-0.39, 0.29) is 0 Å². The molecule has 0 aliphatic carbocycles. The quantitative estimate of drug-likeness (QED) is 0.939. The Morgan fingerprint density at radius 2 is 2.12 bits per heavy atom. The van der Waals surface area contributed by atoms with Crippen LogP contribution < -0.4 is 10.5 Å². The zero-order valence-corrected chi connectivity index (χ0v) is 11.2. The molecule has 0 saturated carbocycles. The van der Waals surface area contributed by atoms with Crippen LogP contribution in [-0.2, 0) is 6.54 Å². The second-order valence-corrected chi connectivity index (χ2v) is 4.65. The molecule has 1 aromatic heterocycles. The average Bonchev–Trinajstić information content (AvgIpc) is 2.34. The minimum Gasteiger partial charge on any atom is -0.454 e. The highest BCUT2D eigenvalue weighted by Crippen LogP contribution is 2.32. The molecule has 0 unspecified atom stereocenters. The Morgan fingerprint density at radius 3 is 2.88 bits per heavy atom. The second-order valence-electron chi connectivity index (χ2n) is 3.33. The molecule has 0 aliphatic heterocycles. The summed E-state index contributed by atoms with van der Waals surface area (Å²) >= 11 is 9.41. The fraction of sp³-hybridized carbons (Fsp3) is 0.0833. The SMILES string of the molecule is NCc1ncccc1Oc1cc(Br)ccc1Cl. The second kappa shape index (κ2) is 5.49. The van der Waals surface area contributed by atoms with Crippen molar-refractivity contribution in [2.45, 2.75) is 6.54 Å². The van der Waals surface area contributed by atoms with E-state index in [4.69, 9.17) is 22.1 Å². The van der Waals surface area contributed by atoms with Gasteiger partial charge in [-0.05, 0) is 30.3 Å². The molecule has 2 aromatic rings. The van der Waals surface area contributed by atoms with Crippen LogP contribution in [-0.4, -0.2) is 4.98 Å². The van der Waals surface area contributed by atoms with Crippen molar-refractivity contribution in [3.63, 3.8) is 0 Å². The zero-order valence-electron chi connectivity index (χ0n) is 8.86. The number of pyridine rings is 1. The summed E-state index contributed by atoms with van der Waals surface area (Å²) in [6, 6.07) is 9.02. The number of aromatic nitrogens is 1. The van der Waals surface area contributed by atoms with Gasteiger partial charge in [-0.2, -0.15) is 0 Å². The molecule has 0 amide bonds. The largest absolute Gasteiger partial charge is 0.454 e. The third-order valence-corrected chi connectivity index (χ3v) is 2.96. The lowest BCUT2D eigenvalue weighted by Gasteiger charge is -2.10. The number of hydrogen-bond acceptors (Lipinski definition) is 3. The van der Waals surface area contributed by atoms with Gasteiger partial charge in [0.05, 0.1) is 10.7 Å². The fourth-order valence-electron chi connectivity index (χ4n) is 1.34. The van der Waals surface area contributed by atoms with Crippen molar-refractivity contribution >= 4 is 27.5 Å². The molecule has 88 valence electrons. The molecule has 17 heavy (non-hydrogen) atoms. The highest BCUT2D eigenvalue weighted by Gasteiger charge is 2.07. The molecule has 0 saturated heterocycles. The van der Waals surface area contributed by atoms with Crippen molar-refractivity contribution in [3.05, 3.63) is 51.7 Å². The number of nitrogens with two attached hydrogens (primary N) is 1. The maximum atomic E-state index is 6.04. The lowest BCUT2D eigenvalue weighted by atomic mass is 10.3. The van der Waals surface area contributed by atoms with E-state index < -0.39 is 0 Å². The van der Waals surface area contributed by atoms with E-state index in [0.717, 1.165) is 4.47 Å². The number of ether oxygens (including phenoxy) is 1. The van der Waals surface area contributed by atoms with Crippen LogP contribution in [0.25, 0.3) is 0 Å². The van der Waals surface area contributed by atoms with E-state index in [1.807, 2.05) is 12.1 Å². The maximum absolute atomic E-state index is 6.04. The molecule has 0 radical (unpaired) electrons. The summed E-state index contributed by atoms with van der Waals surface area (Å²) in [5, 5.41) is 0.542. The summed E-state index contributed by atoms with van der Waals surface area (Å²) in [5.74, 6) is 1.19. The Balaban J connectivity index is 2.34. The molecule has 1 aromatic carbocycles. The van der Waals surface area contributed by atoms with Crippen LogP contribution in [0.4, 0.5) is 0 Å². The normalized spacial score (nSPS) is 10.3. The molecule has 0 spiro atoms.